The molecule has 0 saturated carbocycles. The average Bonchev–Trinajstić information content (AvgIpc) is 3.01. The zero-order valence-electron chi connectivity index (χ0n) is 16.6. The predicted molar refractivity (Wildman–Crippen MR) is 110 cm³/mol. The van der Waals surface area contributed by atoms with Gasteiger partial charge in [0.15, 0.2) is 0 Å². The maximum Gasteiger partial charge on any atom is 0.266 e. The van der Waals surface area contributed by atoms with E-state index < -0.39 is 5.91 Å². The minimum atomic E-state index is -0.452. The Labute approximate surface area is 165 Å². The zero-order chi connectivity index (χ0) is 20.3. The van der Waals surface area contributed by atoms with Crippen LogP contribution in [0.4, 0.5) is 5.69 Å². The number of rotatable bonds is 5. The summed E-state index contributed by atoms with van der Waals surface area (Å²) in [4.78, 5) is 12.7. The van der Waals surface area contributed by atoms with Crippen molar-refractivity contribution < 1.29 is 14.3 Å². The largest absolute Gasteiger partial charge is 0.493 e. The van der Waals surface area contributed by atoms with E-state index in [4.69, 9.17) is 9.47 Å². The Morgan fingerprint density at radius 2 is 2.14 bits per heavy atom. The van der Waals surface area contributed by atoms with Gasteiger partial charge in [-0.3, -0.25) is 4.79 Å². The first-order valence-corrected chi connectivity index (χ1v) is 9.38. The molecule has 0 fully saturated rings. The van der Waals surface area contributed by atoms with Crippen molar-refractivity contribution in [2.75, 3.05) is 11.9 Å². The van der Waals surface area contributed by atoms with Crippen molar-refractivity contribution in [3.63, 3.8) is 0 Å². The molecule has 5 heteroatoms. The predicted octanol–water partition coefficient (Wildman–Crippen LogP) is 4.57. The summed E-state index contributed by atoms with van der Waals surface area (Å²) >= 11 is 0. The first kappa shape index (κ1) is 19.5. The van der Waals surface area contributed by atoms with Crippen LogP contribution in [-0.2, 0) is 11.2 Å². The van der Waals surface area contributed by atoms with Gasteiger partial charge < -0.3 is 14.8 Å². The van der Waals surface area contributed by atoms with Crippen LogP contribution in [0.3, 0.4) is 0 Å². The van der Waals surface area contributed by atoms with Crippen LogP contribution in [0.1, 0.15) is 36.1 Å². The van der Waals surface area contributed by atoms with Gasteiger partial charge in [0.2, 0.25) is 0 Å². The van der Waals surface area contributed by atoms with Crippen molar-refractivity contribution in [1.82, 2.24) is 0 Å². The number of hydrogen-bond donors (Lipinski definition) is 1. The van der Waals surface area contributed by atoms with E-state index in [2.05, 4.69) is 5.32 Å². The third kappa shape index (κ3) is 4.17. The van der Waals surface area contributed by atoms with Gasteiger partial charge in [0, 0.05) is 23.2 Å². The summed E-state index contributed by atoms with van der Waals surface area (Å²) in [6.07, 6.45) is 2.47. The summed E-state index contributed by atoms with van der Waals surface area (Å²) in [6.45, 7) is 8.31. The molecule has 1 N–H and O–H groups in total. The van der Waals surface area contributed by atoms with E-state index >= 15 is 0 Å². The van der Waals surface area contributed by atoms with Crippen LogP contribution in [-0.4, -0.2) is 18.6 Å². The van der Waals surface area contributed by atoms with E-state index in [0.717, 1.165) is 28.9 Å². The van der Waals surface area contributed by atoms with Crippen molar-refractivity contribution in [3.8, 4) is 17.6 Å². The van der Waals surface area contributed by atoms with Gasteiger partial charge >= 0.3 is 0 Å². The smallest absolute Gasteiger partial charge is 0.266 e. The molecular weight excluding hydrogens is 352 g/mol. The van der Waals surface area contributed by atoms with Crippen LogP contribution in [0.2, 0.25) is 0 Å². The summed E-state index contributed by atoms with van der Waals surface area (Å²) in [7, 11) is 0. The Morgan fingerprint density at radius 1 is 1.36 bits per heavy atom. The number of nitrogens with one attached hydrogen (secondary N) is 1. The number of carbonyl (C=O) groups is 1. The molecule has 0 spiro atoms. The molecule has 2 aromatic rings. The number of anilines is 1. The van der Waals surface area contributed by atoms with Crippen LogP contribution >= 0.6 is 0 Å². The van der Waals surface area contributed by atoms with E-state index in [9.17, 15) is 10.1 Å². The topological polar surface area (TPSA) is 71.3 Å². The molecule has 28 heavy (non-hydrogen) atoms. The summed E-state index contributed by atoms with van der Waals surface area (Å²) in [5, 5.41) is 12.4. The second kappa shape index (κ2) is 8.18. The van der Waals surface area contributed by atoms with Crippen LogP contribution in [0.25, 0.3) is 6.08 Å². The molecule has 3 rings (SSSR count). The maximum absolute atomic E-state index is 12.7. The van der Waals surface area contributed by atoms with Gasteiger partial charge in [-0.1, -0.05) is 17.7 Å². The lowest BCUT2D eigenvalue weighted by Crippen LogP contribution is -2.14. The van der Waals surface area contributed by atoms with Crippen molar-refractivity contribution in [2.24, 2.45) is 0 Å². The molecule has 1 heterocycles. The second-order valence-corrected chi connectivity index (χ2v) is 7.01. The molecule has 1 unspecified atom stereocenters. The SMILES string of the molecule is CCOc1cc2c(cc1/C=C(\C#N)C(=O)Nc1ccc(C)cc1C)OC(C)C2. The number of amides is 1. The van der Waals surface area contributed by atoms with Crippen molar-refractivity contribution in [2.45, 2.75) is 40.2 Å². The Kier molecular flexibility index (Phi) is 5.70. The van der Waals surface area contributed by atoms with Crippen LogP contribution < -0.4 is 14.8 Å². The third-order valence-electron chi connectivity index (χ3n) is 4.62. The molecule has 2 aromatic carbocycles. The molecule has 5 nitrogen and oxygen atoms in total. The molecule has 0 radical (unpaired) electrons. The fourth-order valence-corrected chi connectivity index (χ4v) is 3.30. The molecule has 144 valence electrons. The normalized spacial score (nSPS) is 15.4. The molecule has 1 atom stereocenters. The Bertz CT molecular complexity index is 986. The first-order chi connectivity index (χ1) is 13.4. The molecule has 0 bridgehead atoms. The van der Waals surface area contributed by atoms with E-state index in [-0.39, 0.29) is 11.7 Å². The van der Waals surface area contributed by atoms with Crippen LogP contribution in [0, 0.1) is 25.2 Å². The molecule has 1 aliphatic heterocycles. The van der Waals surface area contributed by atoms with E-state index in [1.54, 1.807) is 6.08 Å². The Hall–Kier alpha value is -3.26. The number of nitriles is 1. The lowest BCUT2D eigenvalue weighted by molar-refractivity contribution is -0.112. The molecule has 1 aliphatic rings. The standard InChI is InChI=1S/C23H24N2O3/c1-5-27-21-11-17-9-16(4)28-22(17)12-18(21)10-19(13-24)23(26)25-20-7-6-14(2)8-15(20)3/h6-8,10-12,16H,5,9H2,1-4H3,(H,25,26)/b19-10+. The third-order valence-corrected chi connectivity index (χ3v) is 4.62. The van der Waals surface area contributed by atoms with E-state index in [0.29, 0.717) is 23.6 Å². The van der Waals surface area contributed by atoms with Crippen LogP contribution in [0.15, 0.2) is 35.9 Å². The monoisotopic (exact) mass is 376 g/mol. The van der Waals surface area contributed by atoms with Gasteiger partial charge in [-0.15, -0.1) is 0 Å². The molecule has 0 aromatic heterocycles. The number of benzene rings is 2. The second-order valence-electron chi connectivity index (χ2n) is 7.01. The number of aryl methyl sites for hydroxylation is 2. The summed E-state index contributed by atoms with van der Waals surface area (Å²) in [5.41, 5.74) is 4.48. The minimum Gasteiger partial charge on any atom is -0.493 e. The Balaban J connectivity index is 1.92. The van der Waals surface area contributed by atoms with E-state index in [1.165, 1.54) is 0 Å². The van der Waals surface area contributed by atoms with Crippen molar-refractivity contribution in [3.05, 3.63) is 58.2 Å². The summed E-state index contributed by atoms with van der Waals surface area (Å²) in [5.74, 6) is 0.965. The number of fused-ring (bicyclic) bond motifs is 1. The summed E-state index contributed by atoms with van der Waals surface area (Å²) in [6, 6.07) is 11.5. The molecule has 1 amide bonds. The quantitative estimate of drug-likeness (QED) is 0.613. The minimum absolute atomic E-state index is 0.00641. The van der Waals surface area contributed by atoms with Crippen LogP contribution in [0.5, 0.6) is 11.5 Å². The average molecular weight is 376 g/mol. The highest BCUT2D eigenvalue weighted by Crippen LogP contribution is 2.36. The maximum atomic E-state index is 12.7. The highest BCUT2D eigenvalue weighted by molar-refractivity contribution is 6.10. The van der Waals surface area contributed by atoms with Gasteiger partial charge in [0.05, 0.1) is 6.61 Å². The Morgan fingerprint density at radius 3 is 2.82 bits per heavy atom. The fraction of sp³-hybridized carbons (Fsp3) is 0.304. The van der Waals surface area contributed by atoms with Gasteiger partial charge in [-0.05, 0) is 57.5 Å². The number of hydrogen-bond acceptors (Lipinski definition) is 4. The van der Waals surface area contributed by atoms with Gasteiger partial charge in [0.1, 0.15) is 29.2 Å². The molecule has 0 aliphatic carbocycles. The highest BCUT2D eigenvalue weighted by Gasteiger charge is 2.22. The van der Waals surface area contributed by atoms with E-state index in [1.807, 2.05) is 64.1 Å². The molecular formula is C23H24N2O3. The number of nitrogens with zero attached hydrogens (tertiary/aromatic N) is 1. The number of ether oxygens (including phenoxy) is 2. The zero-order valence-corrected chi connectivity index (χ0v) is 16.6. The molecule has 0 saturated heterocycles. The highest BCUT2D eigenvalue weighted by atomic mass is 16.5. The fourth-order valence-electron chi connectivity index (χ4n) is 3.30. The summed E-state index contributed by atoms with van der Waals surface area (Å²) < 4.78 is 11.5. The van der Waals surface area contributed by atoms with Gasteiger partial charge in [0.25, 0.3) is 5.91 Å². The first-order valence-electron chi connectivity index (χ1n) is 9.38. The van der Waals surface area contributed by atoms with Gasteiger partial charge in [-0.2, -0.15) is 5.26 Å². The van der Waals surface area contributed by atoms with Crippen molar-refractivity contribution >= 4 is 17.7 Å². The van der Waals surface area contributed by atoms with Crippen molar-refractivity contribution in [1.29, 1.82) is 5.26 Å². The lowest BCUT2D eigenvalue weighted by Gasteiger charge is -2.11. The lowest BCUT2D eigenvalue weighted by atomic mass is 10.0. The number of carbonyl (C=O) groups excluding carboxylic acids is 1. The van der Waals surface area contributed by atoms with Gasteiger partial charge in [-0.25, -0.2) is 0 Å².